The molecule has 0 saturated carbocycles. The highest BCUT2D eigenvalue weighted by molar-refractivity contribution is 5.85. The Morgan fingerprint density at radius 1 is 1.26 bits per heavy atom. The number of ether oxygens (including phenoxy) is 1. The summed E-state index contributed by atoms with van der Waals surface area (Å²) in [6.07, 6.45) is 0. The molecule has 1 N–H and O–H groups in total. The van der Waals surface area contributed by atoms with Crippen molar-refractivity contribution in [1.82, 2.24) is 5.32 Å². The topological polar surface area (TPSA) is 41.6 Å². The van der Waals surface area contributed by atoms with Crippen molar-refractivity contribution in [3.63, 3.8) is 0 Å². The van der Waals surface area contributed by atoms with E-state index < -0.39 is 17.6 Å². The van der Waals surface area contributed by atoms with E-state index in [4.69, 9.17) is 0 Å². The number of piperazine rings is 1. The number of nitrogens with one attached hydrogen (secondary N) is 1. The van der Waals surface area contributed by atoms with Gasteiger partial charge < -0.3 is 15.0 Å². The Kier molecular flexibility index (Phi) is 5.50. The zero-order chi connectivity index (χ0) is 13.1. The first kappa shape index (κ1) is 15.7. The van der Waals surface area contributed by atoms with Crippen LogP contribution in [0.25, 0.3) is 0 Å². The summed E-state index contributed by atoms with van der Waals surface area (Å²) in [4.78, 5) is 12.4. The van der Waals surface area contributed by atoms with Gasteiger partial charge in [-0.3, -0.25) is 4.79 Å². The number of hydrogen-bond acceptors (Lipinski definition) is 4. The van der Waals surface area contributed by atoms with E-state index in [-0.39, 0.29) is 23.8 Å². The van der Waals surface area contributed by atoms with Crippen LogP contribution in [0.2, 0.25) is 0 Å². The van der Waals surface area contributed by atoms with Crippen molar-refractivity contribution in [2.75, 3.05) is 31.1 Å². The predicted molar refractivity (Wildman–Crippen MR) is 70.0 cm³/mol. The first-order valence-electron chi connectivity index (χ1n) is 5.71. The Bertz CT molecular complexity index is 442. The monoisotopic (exact) mass is 292 g/mol. The number of esters is 1. The summed E-state index contributed by atoms with van der Waals surface area (Å²) in [5.41, 5.74) is -0.0626. The van der Waals surface area contributed by atoms with Crippen molar-refractivity contribution in [3.05, 3.63) is 23.8 Å². The summed E-state index contributed by atoms with van der Waals surface area (Å²) in [5, 5.41) is 3.10. The maximum absolute atomic E-state index is 13.9. The number of nitrogens with zero attached hydrogens (tertiary/aromatic N) is 1. The molecule has 0 aliphatic carbocycles. The van der Waals surface area contributed by atoms with Gasteiger partial charge in [0.25, 0.3) is 0 Å². The molecule has 4 nitrogen and oxygen atoms in total. The molecule has 7 heteroatoms. The van der Waals surface area contributed by atoms with Crippen LogP contribution in [0.3, 0.4) is 0 Å². The molecule has 1 saturated heterocycles. The number of carbonyl (C=O) groups is 1. The number of rotatable bonds is 2. The molecule has 2 rings (SSSR count). The van der Waals surface area contributed by atoms with Gasteiger partial charge in [0.1, 0.15) is 11.4 Å². The molecule has 0 radical (unpaired) electrons. The van der Waals surface area contributed by atoms with Gasteiger partial charge in [0, 0.05) is 45.2 Å². The van der Waals surface area contributed by atoms with Crippen LogP contribution in [0.15, 0.2) is 12.1 Å². The average Bonchev–Trinajstić information content (AvgIpc) is 2.28. The standard InChI is InChI=1S/C12H14F2N2O2.ClH/c1-8(17)18-9-6-10(13)12(11(14)7-9)16-4-2-15-3-5-16;/h6-7,15H,2-5H2,1H3;1H. The zero-order valence-electron chi connectivity index (χ0n) is 10.4. The van der Waals surface area contributed by atoms with Gasteiger partial charge in [0.2, 0.25) is 0 Å². The molecule has 0 amide bonds. The first-order chi connectivity index (χ1) is 8.58. The normalized spacial score (nSPS) is 14.8. The molecular weight excluding hydrogens is 278 g/mol. The van der Waals surface area contributed by atoms with Crippen LogP contribution in [-0.2, 0) is 4.79 Å². The van der Waals surface area contributed by atoms with E-state index in [2.05, 4.69) is 10.1 Å². The minimum Gasteiger partial charge on any atom is -0.427 e. The summed E-state index contributed by atoms with van der Waals surface area (Å²) < 4.78 is 32.4. The van der Waals surface area contributed by atoms with Gasteiger partial charge in [0.15, 0.2) is 11.6 Å². The first-order valence-corrected chi connectivity index (χ1v) is 5.71. The van der Waals surface area contributed by atoms with E-state index in [1.54, 1.807) is 4.90 Å². The molecule has 19 heavy (non-hydrogen) atoms. The van der Waals surface area contributed by atoms with Gasteiger partial charge in [-0.15, -0.1) is 12.4 Å². The Morgan fingerprint density at radius 2 is 1.79 bits per heavy atom. The van der Waals surface area contributed by atoms with E-state index in [0.717, 1.165) is 12.1 Å². The van der Waals surface area contributed by atoms with Crippen LogP contribution >= 0.6 is 12.4 Å². The van der Waals surface area contributed by atoms with Gasteiger partial charge >= 0.3 is 5.97 Å². The Balaban J connectivity index is 0.00000180. The number of anilines is 1. The van der Waals surface area contributed by atoms with Crippen LogP contribution in [0.1, 0.15) is 6.92 Å². The van der Waals surface area contributed by atoms with Crippen molar-refractivity contribution in [2.45, 2.75) is 6.92 Å². The molecular formula is C12H15ClF2N2O2. The van der Waals surface area contributed by atoms with Gasteiger partial charge in [-0.1, -0.05) is 0 Å². The van der Waals surface area contributed by atoms with Gasteiger partial charge in [-0.2, -0.15) is 0 Å². The van der Waals surface area contributed by atoms with Crippen molar-refractivity contribution in [2.24, 2.45) is 0 Å². The molecule has 1 fully saturated rings. The summed E-state index contributed by atoms with van der Waals surface area (Å²) in [6, 6.07) is 2.06. The van der Waals surface area contributed by atoms with Crippen LogP contribution in [0.4, 0.5) is 14.5 Å². The fourth-order valence-corrected chi connectivity index (χ4v) is 1.96. The largest absolute Gasteiger partial charge is 0.427 e. The molecule has 0 aromatic heterocycles. The highest BCUT2D eigenvalue weighted by atomic mass is 35.5. The smallest absolute Gasteiger partial charge is 0.308 e. The second-order valence-electron chi connectivity index (χ2n) is 4.07. The lowest BCUT2D eigenvalue weighted by Gasteiger charge is -2.30. The van der Waals surface area contributed by atoms with E-state index in [0.29, 0.717) is 26.2 Å². The summed E-state index contributed by atoms with van der Waals surface area (Å²) in [7, 11) is 0. The lowest BCUT2D eigenvalue weighted by atomic mass is 10.2. The lowest BCUT2D eigenvalue weighted by Crippen LogP contribution is -2.44. The number of halogens is 3. The third kappa shape index (κ3) is 3.78. The third-order valence-corrected chi connectivity index (χ3v) is 2.69. The fourth-order valence-electron chi connectivity index (χ4n) is 1.96. The van der Waals surface area contributed by atoms with Gasteiger partial charge in [-0.25, -0.2) is 8.78 Å². The van der Waals surface area contributed by atoms with Crippen LogP contribution < -0.4 is 15.0 Å². The molecule has 0 bridgehead atoms. The highest BCUT2D eigenvalue weighted by Gasteiger charge is 2.20. The third-order valence-electron chi connectivity index (χ3n) is 2.69. The van der Waals surface area contributed by atoms with E-state index in [9.17, 15) is 13.6 Å². The summed E-state index contributed by atoms with van der Waals surface area (Å²) >= 11 is 0. The quantitative estimate of drug-likeness (QED) is 0.666. The average molecular weight is 293 g/mol. The minimum absolute atomic E-state index is 0. The second-order valence-corrected chi connectivity index (χ2v) is 4.07. The molecule has 1 aliphatic rings. The number of hydrogen-bond donors (Lipinski definition) is 1. The van der Waals surface area contributed by atoms with E-state index in [1.165, 1.54) is 6.92 Å². The number of benzene rings is 1. The Labute approximate surface area is 116 Å². The second kappa shape index (κ2) is 6.68. The fraction of sp³-hybridized carbons (Fsp3) is 0.417. The summed E-state index contributed by atoms with van der Waals surface area (Å²) in [5.74, 6) is -2.15. The van der Waals surface area contributed by atoms with Crippen LogP contribution in [0.5, 0.6) is 5.75 Å². The zero-order valence-corrected chi connectivity index (χ0v) is 11.2. The van der Waals surface area contributed by atoms with E-state index >= 15 is 0 Å². The maximum atomic E-state index is 13.9. The maximum Gasteiger partial charge on any atom is 0.308 e. The van der Waals surface area contributed by atoms with Crippen LogP contribution in [0, 0.1) is 11.6 Å². The molecule has 1 heterocycles. The Hall–Kier alpha value is -1.40. The molecule has 106 valence electrons. The Morgan fingerprint density at radius 3 is 2.26 bits per heavy atom. The molecule has 0 unspecified atom stereocenters. The van der Waals surface area contributed by atoms with Gasteiger partial charge in [-0.05, 0) is 0 Å². The predicted octanol–water partition coefficient (Wildman–Crippen LogP) is 1.72. The van der Waals surface area contributed by atoms with Gasteiger partial charge in [0.05, 0.1) is 0 Å². The number of carbonyl (C=O) groups excluding carboxylic acids is 1. The highest BCUT2D eigenvalue weighted by Crippen LogP contribution is 2.28. The molecule has 1 aromatic rings. The lowest BCUT2D eigenvalue weighted by molar-refractivity contribution is -0.131. The van der Waals surface area contributed by atoms with E-state index in [1.807, 2.05) is 0 Å². The van der Waals surface area contributed by atoms with Crippen molar-refractivity contribution >= 4 is 24.1 Å². The van der Waals surface area contributed by atoms with Crippen molar-refractivity contribution < 1.29 is 18.3 Å². The minimum atomic E-state index is -0.715. The molecule has 0 spiro atoms. The van der Waals surface area contributed by atoms with Crippen molar-refractivity contribution in [3.8, 4) is 5.75 Å². The molecule has 1 aliphatic heterocycles. The molecule has 1 aromatic carbocycles. The molecule has 0 atom stereocenters. The van der Waals surface area contributed by atoms with Crippen molar-refractivity contribution in [1.29, 1.82) is 0 Å². The summed E-state index contributed by atoms with van der Waals surface area (Å²) in [6.45, 7) is 3.64. The van der Waals surface area contributed by atoms with Crippen LogP contribution in [-0.4, -0.2) is 32.1 Å². The SMILES string of the molecule is CC(=O)Oc1cc(F)c(N2CCNCC2)c(F)c1.Cl.